The van der Waals surface area contributed by atoms with Crippen molar-refractivity contribution >= 4 is 78.9 Å². The average Bonchev–Trinajstić information content (AvgIpc) is 3.58. The van der Waals surface area contributed by atoms with E-state index in [1.807, 2.05) is 0 Å². The van der Waals surface area contributed by atoms with E-state index < -0.39 is 0 Å². The highest BCUT2D eigenvalue weighted by Gasteiger charge is 2.51. The smallest absolute Gasteiger partial charge is 0.333 e. The molecule has 0 unspecified atom stereocenters. The second-order valence-corrected chi connectivity index (χ2v) is 18.3. The lowest BCUT2D eigenvalue weighted by molar-refractivity contribution is 0.331. The van der Waals surface area contributed by atoms with Crippen LogP contribution in [-0.4, -0.2) is 6.85 Å². The Kier molecular flexibility index (Phi) is 5.92. The van der Waals surface area contributed by atoms with Crippen molar-refractivity contribution in [1.29, 1.82) is 0 Å². The third-order valence-corrected chi connectivity index (χ3v) is 14.1. The molecule has 4 heterocycles. The lowest BCUT2D eigenvalue weighted by Gasteiger charge is -2.52. The van der Waals surface area contributed by atoms with Crippen LogP contribution in [0.5, 0.6) is 0 Å². The maximum Gasteiger partial charge on any atom is 0.333 e. The highest BCUT2D eigenvalue weighted by Crippen LogP contribution is 2.59. The molecule has 0 N–H and O–H groups in total. The second-order valence-electron chi connectivity index (χ2n) is 18.3. The van der Waals surface area contributed by atoms with Crippen molar-refractivity contribution in [2.45, 2.75) is 70.6 Å². The molecule has 0 bridgehead atoms. The van der Waals surface area contributed by atoms with E-state index in [9.17, 15) is 0 Å². The van der Waals surface area contributed by atoms with Crippen molar-refractivity contribution in [1.82, 2.24) is 0 Å². The maximum atomic E-state index is 6.83. The fourth-order valence-corrected chi connectivity index (χ4v) is 11.1. The molecule has 8 aromatic rings. The van der Waals surface area contributed by atoms with Crippen LogP contribution < -0.4 is 20.6 Å². The SMILES string of the molecule is CC1(C)CCC(C)(C)c2cc3c(cc21)N1c2c(cccc2C3(C)C)B2c3c(cc4ccccc4c31)-c1ccccc1N2c1cccc2c1oc1ccccc12. The zero-order valence-corrected chi connectivity index (χ0v) is 32.4. The van der Waals surface area contributed by atoms with Gasteiger partial charge in [-0.05, 0) is 98.1 Å². The van der Waals surface area contributed by atoms with Gasteiger partial charge in [0.1, 0.15) is 5.58 Å². The zero-order valence-electron chi connectivity index (χ0n) is 32.4. The lowest BCUT2D eigenvalue weighted by atomic mass is 9.42. The fourth-order valence-electron chi connectivity index (χ4n) is 11.1. The molecule has 0 spiro atoms. The number of anilines is 5. The van der Waals surface area contributed by atoms with E-state index >= 15 is 0 Å². The standard InChI is InChI=1S/C51H43BN2O/c1-49(2)25-26-50(3,4)38-29-43-39(28-37(38)49)51(5,6)36-20-14-21-40-47(36)53(43)46-31-16-8-7-15-30(31)27-35-32-17-9-11-22-41(32)54(52(40)45(35)46)42-23-13-19-34-33-18-10-12-24-44(33)55-48(34)42/h7-24,27-29H,25-26H2,1-6H3. The molecular formula is C51H43BN2O. The summed E-state index contributed by atoms with van der Waals surface area (Å²) in [5.41, 5.74) is 19.2. The van der Waals surface area contributed by atoms with Gasteiger partial charge in [0, 0.05) is 38.5 Å². The Balaban J connectivity index is 1.24. The molecule has 4 heteroatoms. The van der Waals surface area contributed by atoms with Gasteiger partial charge < -0.3 is 14.1 Å². The number of benzene rings is 7. The van der Waals surface area contributed by atoms with Crippen LogP contribution in [0, 0.1) is 0 Å². The highest BCUT2D eigenvalue weighted by atomic mass is 16.3. The molecular weight excluding hydrogens is 667 g/mol. The van der Waals surface area contributed by atoms with Gasteiger partial charge in [0.05, 0.1) is 17.1 Å². The first-order valence-electron chi connectivity index (χ1n) is 20.0. The number of hydrogen-bond donors (Lipinski definition) is 0. The molecule has 0 saturated heterocycles. The summed E-state index contributed by atoms with van der Waals surface area (Å²) >= 11 is 0. The van der Waals surface area contributed by atoms with E-state index in [2.05, 4.69) is 179 Å². The van der Waals surface area contributed by atoms with E-state index in [0.29, 0.717) is 0 Å². The van der Waals surface area contributed by atoms with E-state index in [1.165, 1.54) is 90.7 Å². The van der Waals surface area contributed by atoms with Crippen LogP contribution in [0.4, 0.5) is 28.4 Å². The van der Waals surface area contributed by atoms with Crippen molar-refractivity contribution in [3.63, 3.8) is 0 Å². The van der Waals surface area contributed by atoms with Crippen LogP contribution >= 0.6 is 0 Å². The molecule has 266 valence electrons. The van der Waals surface area contributed by atoms with E-state index in [1.54, 1.807) is 0 Å². The molecule has 1 aromatic heterocycles. The summed E-state index contributed by atoms with van der Waals surface area (Å²) in [5, 5.41) is 4.85. The Morgan fingerprint density at radius 3 is 2.04 bits per heavy atom. The molecule has 4 aliphatic rings. The largest absolute Gasteiger partial charge is 0.454 e. The Labute approximate surface area is 323 Å². The second kappa shape index (κ2) is 10.3. The first kappa shape index (κ1) is 31.6. The molecule has 12 rings (SSSR count). The predicted molar refractivity (Wildman–Crippen MR) is 232 cm³/mol. The first-order valence-corrected chi connectivity index (χ1v) is 20.0. The Bertz CT molecular complexity index is 3000. The van der Waals surface area contributed by atoms with E-state index in [4.69, 9.17) is 4.42 Å². The molecule has 0 atom stereocenters. The molecule has 0 saturated carbocycles. The molecule has 55 heavy (non-hydrogen) atoms. The highest BCUT2D eigenvalue weighted by molar-refractivity contribution is 6.94. The minimum atomic E-state index is -0.217. The van der Waals surface area contributed by atoms with Crippen LogP contribution in [0.25, 0.3) is 43.8 Å². The molecule has 1 aliphatic carbocycles. The quantitative estimate of drug-likeness (QED) is 0.158. The predicted octanol–water partition coefficient (Wildman–Crippen LogP) is 12.4. The summed E-state index contributed by atoms with van der Waals surface area (Å²) in [6, 6.07) is 48.1. The number of hydrogen-bond acceptors (Lipinski definition) is 3. The van der Waals surface area contributed by atoms with Gasteiger partial charge in [-0.1, -0.05) is 139 Å². The number of furan rings is 1. The fraction of sp³-hybridized carbons (Fsp3) is 0.216. The molecule has 7 aromatic carbocycles. The average molecular weight is 711 g/mol. The van der Waals surface area contributed by atoms with Crippen LogP contribution in [0.1, 0.15) is 76.6 Å². The lowest BCUT2D eigenvalue weighted by Crippen LogP contribution is -2.62. The van der Waals surface area contributed by atoms with Crippen molar-refractivity contribution in [3.05, 3.63) is 150 Å². The minimum Gasteiger partial charge on any atom is -0.454 e. The monoisotopic (exact) mass is 710 g/mol. The first-order chi connectivity index (χ1) is 26.5. The summed E-state index contributed by atoms with van der Waals surface area (Å²) in [5.74, 6) is 0. The number of fused-ring (bicyclic) bond motifs is 12. The van der Waals surface area contributed by atoms with Gasteiger partial charge in [-0.25, -0.2) is 0 Å². The number of para-hydroxylation sites is 4. The zero-order chi connectivity index (χ0) is 37.2. The molecule has 0 fully saturated rings. The van der Waals surface area contributed by atoms with Crippen molar-refractivity contribution < 1.29 is 4.42 Å². The van der Waals surface area contributed by atoms with Crippen LogP contribution in [0.15, 0.2) is 132 Å². The van der Waals surface area contributed by atoms with Crippen molar-refractivity contribution in [2.75, 3.05) is 9.71 Å². The van der Waals surface area contributed by atoms with Gasteiger partial charge in [-0.3, -0.25) is 0 Å². The summed E-state index contributed by atoms with van der Waals surface area (Å²) in [6.07, 6.45) is 2.38. The molecule has 0 radical (unpaired) electrons. The Hall–Kier alpha value is -5.74. The Morgan fingerprint density at radius 1 is 0.527 bits per heavy atom. The minimum absolute atomic E-state index is 0.0835. The normalized spacial score (nSPS) is 17.8. The van der Waals surface area contributed by atoms with Crippen LogP contribution in [-0.2, 0) is 16.2 Å². The summed E-state index contributed by atoms with van der Waals surface area (Å²) < 4.78 is 6.83. The van der Waals surface area contributed by atoms with Gasteiger partial charge in [0.25, 0.3) is 0 Å². The topological polar surface area (TPSA) is 19.6 Å². The van der Waals surface area contributed by atoms with Crippen molar-refractivity contribution in [2.24, 2.45) is 0 Å². The van der Waals surface area contributed by atoms with Crippen LogP contribution in [0.2, 0.25) is 0 Å². The third kappa shape index (κ3) is 3.92. The maximum absolute atomic E-state index is 6.83. The van der Waals surface area contributed by atoms with Gasteiger partial charge in [0.15, 0.2) is 5.58 Å². The van der Waals surface area contributed by atoms with Crippen LogP contribution in [0.3, 0.4) is 0 Å². The number of rotatable bonds is 1. The summed E-state index contributed by atoms with van der Waals surface area (Å²) in [6.45, 7) is 14.7. The van der Waals surface area contributed by atoms with Gasteiger partial charge in [-0.2, -0.15) is 0 Å². The molecule has 3 nitrogen and oxygen atoms in total. The van der Waals surface area contributed by atoms with E-state index in [0.717, 1.165) is 27.6 Å². The third-order valence-electron chi connectivity index (χ3n) is 14.1. The van der Waals surface area contributed by atoms with Crippen molar-refractivity contribution in [3.8, 4) is 11.1 Å². The van der Waals surface area contributed by atoms with Gasteiger partial charge in [-0.15, -0.1) is 0 Å². The summed E-state index contributed by atoms with van der Waals surface area (Å²) in [4.78, 5) is 5.31. The molecule has 3 aliphatic heterocycles. The van der Waals surface area contributed by atoms with E-state index in [-0.39, 0.29) is 23.1 Å². The molecule has 0 amide bonds. The Morgan fingerprint density at radius 2 is 1.20 bits per heavy atom. The summed E-state index contributed by atoms with van der Waals surface area (Å²) in [7, 11) is 0. The number of nitrogens with zero attached hydrogens (tertiary/aromatic N) is 2. The van der Waals surface area contributed by atoms with Gasteiger partial charge >= 0.3 is 6.85 Å². The van der Waals surface area contributed by atoms with Gasteiger partial charge in [0.2, 0.25) is 0 Å².